The maximum Gasteiger partial charge on any atom is 0.240 e. The number of ether oxygens (including phenoxy) is 1. The lowest BCUT2D eigenvalue weighted by Gasteiger charge is -2.14. The zero-order valence-corrected chi connectivity index (χ0v) is 17.3. The molecule has 0 unspecified atom stereocenters. The number of sulfonamides is 1. The molecule has 0 spiro atoms. The number of benzene rings is 2. The Morgan fingerprint density at radius 1 is 1.04 bits per heavy atom. The Hall–Kier alpha value is -2.58. The van der Waals surface area contributed by atoms with Crippen LogP contribution in [0.5, 0.6) is 5.75 Å². The fourth-order valence-electron chi connectivity index (χ4n) is 2.53. The van der Waals surface area contributed by atoms with Gasteiger partial charge in [-0.05, 0) is 44.7 Å². The minimum absolute atomic E-state index is 0.236. The van der Waals surface area contributed by atoms with Gasteiger partial charge in [0.1, 0.15) is 5.75 Å². The predicted octanol–water partition coefficient (Wildman–Crippen LogP) is 2.25. The molecule has 0 saturated carbocycles. The molecule has 0 aliphatic carbocycles. The van der Waals surface area contributed by atoms with Gasteiger partial charge in [0, 0.05) is 18.7 Å². The third kappa shape index (κ3) is 6.24. The van der Waals surface area contributed by atoms with E-state index in [4.69, 9.17) is 4.74 Å². The van der Waals surface area contributed by atoms with E-state index >= 15 is 0 Å². The summed E-state index contributed by atoms with van der Waals surface area (Å²) >= 11 is 0. The molecule has 0 atom stereocenters. The van der Waals surface area contributed by atoms with Crippen LogP contribution in [0.2, 0.25) is 0 Å². The molecular weight excluding hydrogens is 376 g/mol. The second kappa shape index (κ2) is 10.7. The number of nitrogens with one attached hydrogen (secondary N) is 3. The highest BCUT2D eigenvalue weighted by molar-refractivity contribution is 7.89. The second-order valence-electron chi connectivity index (χ2n) is 5.94. The molecule has 2 rings (SSSR count). The molecule has 0 radical (unpaired) electrons. The van der Waals surface area contributed by atoms with Crippen molar-refractivity contribution in [3.63, 3.8) is 0 Å². The standard InChI is InChI=1S/C20H28N4O3S/c1-4-22-20(24-15-17-8-6-7-9-19(17)27-5-2)23-14-16-10-12-18(13-11-16)28(25,26)21-3/h6-13,21H,4-5,14-15H2,1-3H3,(H2,22,23,24). The highest BCUT2D eigenvalue weighted by Gasteiger charge is 2.10. The van der Waals surface area contributed by atoms with Crippen LogP contribution in [0, 0.1) is 0 Å². The molecule has 2 aromatic carbocycles. The number of para-hydroxylation sites is 1. The average molecular weight is 405 g/mol. The molecule has 0 aromatic heterocycles. The lowest BCUT2D eigenvalue weighted by Crippen LogP contribution is -2.36. The van der Waals surface area contributed by atoms with E-state index in [2.05, 4.69) is 20.3 Å². The summed E-state index contributed by atoms with van der Waals surface area (Å²) in [6.07, 6.45) is 0. The minimum atomic E-state index is -3.43. The SMILES string of the molecule is CCNC(=NCc1ccc(S(=O)(=O)NC)cc1)NCc1ccccc1OCC. The van der Waals surface area contributed by atoms with Crippen molar-refractivity contribution in [3.05, 3.63) is 59.7 Å². The first-order chi connectivity index (χ1) is 13.5. The number of guanidine groups is 1. The van der Waals surface area contributed by atoms with E-state index < -0.39 is 10.0 Å². The summed E-state index contributed by atoms with van der Waals surface area (Å²) in [4.78, 5) is 4.81. The number of nitrogens with zero attached hydrogens (tertiary/aromatic N) is 1. The first kappa shape index (κ1) is 21.7. The summed E-state index contributed by atoms with van der Waals surface area (Å²) in [5.41, 5.74) is 1.97. The lowest BCUT2D eigenvalue weighted by molar-refractivity contribution is 0.336. The van der Waals surface area contributed by atoms with Crippen LogP contribution in [0.3, 0.4) is 0 Å². The Morgan fingerprint density at radius 3 is 2.39 bits per heavy atom. The molecule has 0 amide bonds. The van der Waals surface area contributed by atoms with E-state index in [1.54, 1.807) is 24.3 Å². The topological polar surface area (TPSA) is 91.8 Å². The van der Waals surface area contributed by atoms with Gasteiger partial charge in [-0.15, -0.1) is 0 Å². The van der Waals surface area contributed by atoms with E-state index in [-0.39, 0.29) is 4.90 Å². The number of rotatable bonds is 9. The molecule has 0 bridgehead atoms. The molecule has 0 fully saturated rings. The van der Waals surface area contributed by atoms with Gasteiger partial charge in [-0.3, -0.25) is 0 Å². The largest absolute Gasteiger partial charge is 0.494 e. The summed E-state index contributed by atoms with van der Waals surface area (Å²) in [5.74, 6) is 1.54. The van der Waals surface area contributed by atoms with Crippen LogP contribution in [0.4, 0.5) is 0 Å². The zero-order valence-electron chi connectivity index (χ0n) is 16.5. The zero-order chi connectivity index (χ0) is 20.4. The molecule has 0 aliphatic heterocycles. The van der Waals surface area contributed by atoms with E-state index in [1.807, 2.05) is 38.1 Å². The Kier molecular flexibility index (Phi) is 8.28. The molecule has 2 aromatic rings. The fraction of sp³-hybridized carbons (Fsp3) is 0.350. The highest BCUT2D eigenvalue weighted by Crippen LogP contribution is 2.17. The fourth-order valence-corrected chi connectivity index (χ4v) is 3.26. The number of hydrogen-bond donors (Lipinski definition) is 3. The van der Waals surface area contributed by atoms with Crippen LogP contribution in [0.15, 0.2) is 58.4 Å². The Morgan fingerprint density at radius 2 is 1.75 bits per heavy atom. The van der Waals surface area contributed by atoms with Crippen LogP contribution >= 0.6 is 0 Å². The molecule has 0 saturated heterocycles. The lowest BCUT2D eigenvalue weighted by atomic mass is 10.2. The van der Waals surface area contributed by atoms with Crippen LogP contribution in [0.1, 0.15) is 25.0 Å². The minimum Gasteiger partial charge on any atom is -0.494 e. The van der Waals surface area contributed by atoms with Gasteiger partial charge in [-0.1, -0.05) is 30.3 Å². The van der Waals surface area contributed by atoms with Crippen molar-refractivity contribution in [2.75, 3.05) is 20.2 Å². The molecule has 0 aliphatic rings. The summed E-state index contributed by atoms with van der Waals surface area (Å²) in [6, 6.07) is 14.6. The van der Waals surface area contributed by atoms with Crippen molar-refractivity contribution >= 4 is 16.0 Å². The van der Waals surface area contributed by atoms with Crippen molar-refractivity contribution in [3.8, 4) is 5.75 Å². The molecule has 0 heterocycles. The van der Waals surface area contributed by atoms with Crippen LogP contribution in [-0.2, 0) is 23.1 Å². The van der Waals surface area contributed by atoms with E-state index in [0.29, 0.717) is 25.7 Å². The number of hydrogen-bond acceptors (Lipinski definition) is 4. The van der Waals surface area contributed by atoms with E-state index in [0.717, 1.165) is 23.4 Å². The maximum atomic E-state index is 11.8. The molecule has 7 nitrogen and oxygen atoms in total. The van der Waals surface area contributed by atoms with Gasteiger partial charge in [-0.2, -0.15) is 0 Å². The second-order valence-corrected chi connectivity index (χ2v) is 7.83. The predicted molar refractivity (Wildman–Crippen MR) is 112 cm³/mol. The Labute approximate surface area is 167 Å². The van der Waals surface area contributed by atoms with Gasteiger partial charge < -0.3 is 15.4 Å². The third-order valence-corrected chi connectivity index (χ3v) is 5.42. The van der Waals surface area contributed by atoms with Crippen molar-refractivity contribution < 1.29 is 13.2 Å². The summed E-state index contributed by atoms with van der Waals surface area (Å²) in [6.45, 7) is 6.33. The highest BCUT2D eigenvalue weighted by atomic mass is 32.2. The maximum absolute atomic E-state index is 11.8. The van der Waals surface area contributed by atoms with E-state index in [1.165, 1.54) is 7.05 Å². The molecular formula is C20H28N4O3S. The monoisotopic (exact) mass is 404 g/mol. The molecule has 152 valence electrons. The van der Waals surface area contributed by atoms with Crippen LogP contribution in [-0.4, -0.2) is 34.6 Å². The summed E-state index contributed by atoms with van der Waals surface area (Å²) < 4.78 is 31.5. The number of aliphatic imine (C=N–C) groups is 1. The van der Waals surface area contributed by atoms with Crippen molar-refractivity contribution in [2.24, 2.45) is 4.99 Å². The van der Waals surface area contributed by atoms with Gasteiger partial charge in [0.05, 0.1) is 18.0 Å². The van der Waals surface area contributed by atoms with Crippen LogP contribution in [0.25, 0.3) is 0 Å². The normalized spacial score (nSPS) is 11.9. The van der Waals surface area contributed by atoms with Crippen LogP contribution < -0.4 is 20.1 Å². The summed E-state index contributed by atoms with van der Waals surface area (Å²) in [5, 5.41) is 6.52. The van der Waals surface area contributed by atoms with Gasteiger partial charge in [0.15, 0.2) is 5.96 Å². The molecule has 28 heavy (non-hydrogen) atoms. The average Bonchev–Trinajstić information content (AvgIpc) is 2.71. The smallest absolute Gasteiger partial charge is 0.240 e. The molecule has 3 N–H and O–H groups in total. The first-order valence-electron chi connectivity index (χ1n) is 9.25. The summed E-state index contributed by atoms with van der Waals surface area (Å²) in [7, 11) is -2.03. The van der Waals surface area contributed by atoms with Gasteiger partial charge in [0.25, 0.3) is 0 Å². The van der Waals surface area contributed by atoms with Crippen molar-refractivity contribution in [1.82, 2.24) is 15.4 Å². The van der Waals surface area contributed by atoms with Crippen molar-refractivity contribution in [1.29, 1.82) is 0 Å². The first-order valence-corrected chi connectivity index (χ1v) is 10.7. The Balaban J connectivity index is 2.04. The van der Waals surface area contributed by atoms with Gasteiger partial charge in [0.2, 0.25) is 10.0 Å². The quantitative estimate of drug-likeness (QED) is 0.440. The van der Waals surface area contributed by atoms with Gasteiger partial charge >= 0.3 is 0 Å². The Bertz CT molecular complexity index is 881. The van der Waals surface area contributed by atoms with Crippen molar-refractivity contribution in [2.45, 2.75) is 31.8 Å². The van der Waals surface area contributed by atoms with E-state index in [9.17, 15) is 8.42 Å². The molecule has 8 heteroatoms. The third-order valence-electron chi connectivity index (χ3n) is 3.99. The van der Waals surface area contributed by atoms with Gasteiger partial charge in [-0.25, -0.2) is 18.1 Å².